The van der Waals surface area contributed by atoms with E-state index in [4.69, 9.17) is 4.74 Å². The number of hydrogen-bond donors (Lipinski definition) is 1. The number of rotatable bonds is 0. The first kappa shape index (κ1) is 9.81. The third kappa shape index (κ3) is 1.43. The van der Waals surface area contributed by atoms with Crippen LogP contribution in [0.15, 0.2) is 0 Å². The van der Waals surface area contributed by atoms with E-state index >= 15 is 0 Å². The Hall–Kier alpha value is -0.280. The number of piperidine rings is 1. The molecule has 2 aliphatic heterocycles. The van der Waals surface area contributed by atoms with Crippen LogP contribution in [0.4, 0.5) is 0 Å². The molecule has 0 aromatic heterocycles. The summed E-state index contributed by atoms with van der Waals surface area (Å²) in [6, 6.07) is 0. The minimum absolute atomic E-state index is 0. The summed E-state index contributed by atoms with van der Waals surface area (Å²) in [4.78, 5) is 11.3. The fourth-order valence-electron chi connectivity index (χ4n) is 1.95. The first-order valence-corrected chi connectivity index (χ1v) is 4.21. The van der Waals surface area contributed by atoms with Crippen LogP contribution in [0.5, 0.6) is 0 Å². The fraction of sp³-hybridized carbons (Fsp3) is 0.875. The molecule has 0 aromatic carbocycles. The summed E-state index contributed by atoms with van der Waals surface area (Å²) >= 11 is 0. The van der Waals surface area contributed by atoms with Crippen LogP contribution in [0.1, 0.15) is 19.3 Å². The molecule has 0 aliphatic carbocycles. The molecule has 2 heterocycles. The minimum atomic E-state index is -0.141. The van der Waals surface area contributed by atoms with Crippen molar-refractivity contribution >= 4 is 18.4 Å². The van der Waals surface area contributed by atoms with E-state index in [1.807, 2.05) is 0 Å². The molecule has 2 fully saturated rings. The summed E-state index contributed by atoms with van der Waals surface area (Å²) in [5.41, 5.74) is -0.141. The summed E-state index contributed by atoms with van der Waals surface area (Å²) < 4.78 is 4.97. The lowest BCUT2D eigenvalue weighted by Crippen LogP contribution is -2.42. The number of esters is 1. The smallest absolute Gasteiger partial charge is 0.313 e. The number of hydrogen-bond acceptors (Lipinski definition) is 3. The highest BCUT2D eigenvalue weighted by atomic mass is 35.5. The maximum atomic E-state index is 11.3. The van der Waals surface area contributed by atoms with Gasteiger partial charge in [0, 0.05) is 6.54 Å². The van der Waals surface area contributed by atoms with Crippen molar-refractivity contribution in [3.05, 3.63) is 0 Å². The van der Waals surface area contributed by atoms with Gasteiger partial charge in [-0.25, -0.2) is 0 Å². The summed E-state index contributed by atoms with van der Waals surface area (Å²) in [7, 11) is 0. The molecule has 1 spiro atoms. The predicted octanol–water partition coefficient (Wildman–Crippen LogP) is 0.725. The predicted molar refractivity (Wildman–Crippen MR) is 47.4 cm³/mol. The Morgan fingerprint density at radius 2 is 2.25 bits per heavy atom. The molecule has 0 amide bonds. The van der Waals surface area contributed by atoms with Gasteiger partial charge in [-0.3, -0.25) is 4.79 Å². The zero-order valence-corrected chi connectivity index (χ0v) is 7.78. The molecule has 0 bridgehead atoms. The van der Waals surface area contributed by atoms with E-state index in [9.17, 15) is 4.79 Å². The Kier molecular flexibility index (Phi) is 2.96. The lowest BCUT2D eigenvalue weighted by Gasteiger charge is -2.29. The highest BCUT2D eigenvalue weighted by Crippen LogP contribution is 2.35. The Morgan fingerprint density at radius 3 is 2.75 bits per heavy atom. The van der Waals surface area contributed by atoms with Gasteiger partial charge in [0.05, 0.1) is 12.0 Å². The normalized spacial score (nSPS) is 34.5. The van der Waals surface area contributed by atoms with Crippen molar-refractivity contribution in [3.8, 4) is 0 Å². The second kappa shape index (κ2) is 3.62. The summed E-state index contributed by atoms with van der Waals surface area (Å²) in [5.74, 6) is 0.0182. The average Bonchev–Trinajstić information content (AvgIpc) is 2.36. The van der Waals surface area contributed by atoms with Gasteiger partial charge in [0.2, 0.25) is 0 Å². The first-order valence-electron chi connectivity index (χ1n) is 4.21. The SMILES string of the molecule is Cl.O=C1OCC[C@]12CCCNC2. The van der Waals surface area contributed by atoms with Gasteiger partial charge in [-0.1, -0.05) is 0 Å². The Labute approximate surface area is 78.3 Å². The van der Waals surface area contributed by atoms with E-state index < -0.39 is 0 Å². The van der Waals surface area contributed by atoms with E-state index in [-0.39, 0.29) is 23.8 Å². The average molecular weight is 192 g/mol. The van der Waals surface area contributed by atoms with Crippen molar-refractivity contribution in [2.75, 3.05) is 19.7 Å². The highest BCUT2D eigenvalue weighted by Gasteiger charge is 2.44. The number of nitrogens with one attached hydrogen (secondary N) is 1. The molecular formula is C8H14ClNO2. The standard InChI is InChI=1S/C8H13NO2.ClH/c10-7-8(3-5-11-7)2-1-4-9-6-8;/h9H,1-6H2;1H/t8-;/m0./s1. The molecule has 4 heteroatoms. The monoisotopic (exact) mass is 191 g/mol. The number of cyclic esters (lactones) is 1. The zero-order valence-electron chi connectivity index (χ0n) is 6.97. The van der Waals surface area contributed by atoms with Crippen LogP contribution in [0.2, 0.25) is 0 Å². The molecule has 3 nitrogen and oxygen atoms in total. The van der Waals surface area contributed by atoms with Gasteiger partial charge in [-0.2, -0.15) is 0 Å². The Balaban J connectivity index is 0.000000720. The van der Waals surface area contributed by atoms with E-state index in [1.54, 1.807) is 0 Å². The van der Waals surface area contributed by atoms with Gasteiger partial charge < -0.3 is 10.1 Å². The molecule has 12 heavy (non-hydrogen) atoms. The van der Waals surface area contributed by atoms with E-state index in [0.29, 0.717) is 6.61 Å². The first-order chi connectivity index (χ1) is 5.33. The van der Waals surface area contributed by atoms with Crippen LogP contribution < -0.4 is 5.32 Å². The number of carbonyl (C=O) groups is 1. The van der Waals surface area contributed by atoms with Gasteiger partial charge in [-0.05, 0) is 25.8 Å². The van der Waals surface area contributed by atoms with Crippen LogP contribution >= 0.6 is 12.4 Å². The largest absolute Gasteiger partial charge is 0.465 e. The molecule has 1 atom stereocenters. The summed E-state index contributed by atoms with van der Waals surface area (Å²) in [5, 5.41) is 3.25. The minimum Gasteiger partial charge on any atom is -0.465 e. The second-order valence-electron chi connectivity index (χ2n) is 3.45. The molecular weight excluding hydrogens is 178 g/mol. The second-order valence-corrected chi connectivity index (χ2v) is 3.45. The molecule has 0 saturated carbocycles. The van der Waals surface area contributed by atoms with Crippen molar-refractivity contribution in [2.45, 2.75) is 19.3 Å². The van der Waals surface area contributed by atoms with Crippen molar-refractivity contribution in [1.82, 2.24) is 5.32 Å². The van der Waals surface area contributed by atoms with E-state index in [1.165, 1.54) is 0 Å². The maximum absolute atomic E-state index is 11.3. The van der Waals surface area contributed by atoms with Crippen molar-refractivity contribution < 1.29 is 9.53 Å². The van der Waals surface area contributed by atoms with Gasteiger partial charge >= 0.3 is 5.97 Å². The molecule has 70 valence electrons. The number of halogens is 1. The molecule has 1 N–H and O–H groups in total. The van der Waals surface area contributed by atoms with E-state index in [0.717, 1.165) is 32.4 Å². The van der Waals surface area contributed by atoms with Crippen LogP contribution in [-0.2, 0) is 9.53 Å². The van der Waals surface area contributed by atoms with Gasteiger partial charge in [0.1, 0.15) is 0 Å². The van der Waals surface area contributed by atoms with Crippen molar-refractivity contribution in [3.63, 3.8) is 0 Å². The molecule has 2 aliphatic rings. The van der Waals surface area contributed by atoms with Gasteiger partial charge in [0.25, 0.3) is 0 Å². The highest BCUT2D eigenvalue weighted by molar-refractivity contribution is 5.85. The van der Waals surface area contributed by atoms with Crippen molar-refractivity contribution in [1.29, 1.82) is 0 Å². The van der Waals surface area contributed by atoms with Crippen LogP contribution in [0, 0.1) is 5.41 Å². The quantitative estimate of drug-likeness (QED) is 0.574. The van der Waals surface area contributed by atoms with Crippen LogP contribution in [0.25, 0.3) is 0 Å². The lowest BCUT2D eigenvalue weighted by atomic mass is 9.80. The zero-order chi connectivity index (χ0) is 7.73. The van der Waals surface area contributed by atoms with Gasteiger partial charge in [0.15, 0.2) is 0 Å². The topological polar surface area (TPSA) is 38.3 Å². The lowest BCUT2D eigenvalue weighted by molar-refractivity contribution is -0.147. The third-order valence-corrected chi connectivity index (χ3v) is 2.72. The van der Waals surface area contributed by atoms with Gasteiger partial charge in [-0.15, -0.1) is 12.4 Å². The summed E-state index contributed by atoms with van der Waals surface area (Å²) in [6.07, 6.45) is 3.03. The molecule has 2 rings (SSSR count). The van der Waals surface area contributed by atoms with E-state index in [2.05, 4.69) is 5.32 Å². The Bertz CT molecular complexity index is 178. The maximum Gasteiger partial charge on any atom is 0.313 e. The Morgan fingerprint density at radius 1 is 1.42 bits per heavy atom. The number of carbonyl (C=O) groups excluding carboxylic acids is 1. The van der Waals surface area contributed by atoms with Crippen LogP contribution in [0.3, 0.4) is 0 Å². The summed E-state index contributed by atoms with van der Waals surface area (Å²) in [6.45, 7) is 2.50. The van der Waals surface area contributed by atoms with Crippen molar-refractivity contribution in [2.24, 2.45) is 5.41 Å². The molecule has 0 radical (unpaired) electrons. The fourth-order valence-corrected chi connectivity index (χ4v) is 1.95. The molecule has 0 aromatic rings. The molecule has 2 saturated heterocycles. The third-order valence-electron chi connectivity index (χ3n) is 2.72. The number of ether oxygens (including phenoxy) is 1. The molecule has 0 unspecified atom stereocenters. The van der Waals surface area contributed by atoms with Crippen LogP contribution in [-0.4, -0.2) is 25.7 Å².